The normalized spacial score (nSPS) is 14.3. The molecule has 15 N–H and O–H groups in total. The number of fused-ring (bicyclic) bond motifs is 3. The van der Waals surface area contributed by atoms with Gasteiger partial charge < -0.3 is 101 Å². The number of anilines is 5. The Morgan fingerprint density at radius 2 is 0.798 bits per heavy atom. The minimum atomic E-state index is -1.67. The molecule has 700 valence electrons. The van der Waals surface area contributed by atoms with Crippen molar-refractivity contribution in [1.82, 2.24) is 58.3 Å². The van der Waals surface area contributed by atoms with Crippen LogP contribution < -0.4 is 37.6 Å². The molecule has 9 heterocycles. The van der Waals surface area contributed by atoms with Crippen LogP contribution in [0.25, 0.3) is 33.1 Å². The number of aromatic hydroxyl groups is 3. The topological polar surface area (TPSA) is 426 Å². The number of carbonyl (C=O) groups is 2. The summed E-state index contributed by atoms with van der Waals surface area (Å²) in [6, 6.07) is 40.7. The van der Waals surface area contributed by atoms with Crippen molar-refractivity contribution in [2.45, 2.75) is 131 Å². The Labute approximate surface area is 779 Å². The van der Waals surface area contributed by atoms with E-state index in [0.717, 1.165) is 130 Å². The molecule has 0 aliphatic carbocycles. The molecule has 129 heavy (non-hydrogen) atoms. The Balaban J connectivity index is 0.000000198. The zero-order chi connectivity index (χ0) is 93.1. The quantitative estimate of drug-likeness (QED) is 0.00996. The largest absolute Gasteiger partial charge is 0.506 e. The predicted octanol–water partition coefficient (Wildman–Crippen LogP) is 11.4. The molecule has 0 saturated carbocycles. The third-order valence-electron chi connectivity index (χ3n) is 21.1. The Morgan fingerprint density at radius 1 is 0.465 bits per heavy atom. The summed E-state index contributed by atoms with van der Waals surface area (Å²) in [7, 11) is 7.36. The van der Waals surface area contributed by atoms with Crippen LogP contribution >= 0.6 is 56.2 Å². The molecule has 2 amide bonds. The van der Waals surface area contributed by atoms with E-state index in [4.69, 9.17) is 74.7 Å². The number of benzene rings is 5. The van der Waals surface area contributed by atoms with Gasteiger partial charge >= 0.3 is 0 Å². The van der Waals surface area contributed by atoms with Crippen LogP contribution in [0.1, 0.15) is 98.8 Å². The number of ether oxygens (including phenoxy) is 3. The van der Waals surface area contributed by atoms with Gasteiger partial charge in [0, 0.05) is 167 Å². The van der Waals surface area contributed by atoms with Gasteiger partial charge in [-0.1, -0.05) is 30.3 Å². The number of β-amino-alcohol motifs (C(OH)–C–C–N with tert-alkyl or cyclic N) is 3. The van der Waals surface area contributed by atoms with Crippen LogP contribution in [0.15, 0.2) is 127 Å². The van der Waals surface area contributed by atoms with Crippen molar-refractivity contribution in [3.8, 4) is 17.2 Å². The summed E-state index contributed by atoms with van der Waals surface area (Å²) < 4.78 is 31.1. The summed E-state index contributed by atoms with van der Waals surface area (Å²) >= 11 is 15.6. The molecule has 3 atom stereocenters. The lowest BCUT2D eigenvalue weighted by atomic mass is 10.1. The van der Waals surface area contributed by atoms with Crippen molar-refractivity contribution in [3.05, 3.63) is 201 Å². The first-order valence-corrected chi connectivity index (χ1v) is 47.2. The molecule has 38 heteroatoms. The number of hydrogen-bond acceptors (Lipinski definition) is 27. The van der Waals surface area contributed by atoms with Crippen molar-refractivity contribution in [2.75, 3.05) is 163 Å². The number of hydrogen-bond donors (Lipinski definition) is 13. The lowest BCUT2D eigenvalue weighted by Crippen LogP contribution is -2.42. The maximum Gasteiger partial charge on any atom is 0.217 e. The number of pyridine rings is 3. The molecular weight excluding hydrogens is 1780 g/mol. The second-order valence-corrected chi connectivity index (χ2v) is 35.5. The number of carbonyl (C=O) groups excluding carboxylic acids is 2. The summed E-state index contributed by atoms with van der Waals surface area (Å²) in [5, 5.41) is 86.0. The van der Waals surface area contributed by atoms with E-state index in [1.807, 2.05) is 76.9 Å². The van der Waals surface area contributed by atoms with E-state index >= 15 is 0 Å². The lowest BCUT2D eigenvalue weighted by molar-refractivity contribution is -0.118. The van der Waals surface area contributed by atoms with Gasteiger partial charge in [0.2, 0.25) is 38.9 Å². The smallest absolute Gasteiger partial charge is 0.217 e. The molecule has 0 bridgehead atoms. The standard InChI is InChI=1S/C34H45N7O4.C22H28ClN5O3.C22H29N5O4.C12H18N2O.CH2Cl2.Cl2OS/c1-23-15-24(2)17-27(16-23)40(10-4-5-33(35)44)20-26-7-8-29-31(18-26)41(22-30-32(43)9-6-25(3)37-30)34(38-29)36-19-28(42)21-39-11-13-45-14-12-39;1-15-2-5-21(30)19(25-15)14-28-20-10-16(11-23)3-4-18(20)26-22(28)24-12-17(29)13-27-6-8-31-9-7-27;1-15-2-5-21(30)19(24-15)13-27-20-10-16(14-28)3-4-18(20)25-22(27)23-11-17(29)12-26-6-8-31-9-7-26;1-9-6-10(2)8-11(7-9)14-5-3-4-12(13)15;2-1-3;1-4(2)3/h6-9,15-18,28,42-43H,4-5,10-14,19-22H2,1-3H3,(H2,35,44)(H,36,38);2-5,10,17,29-30H,6-9,11-14H2,1H3,(H,24,26);2-5,10,17,28-30H,6-9,11-14H2,1H3,(H,23,25);6-8,14H,3-5H2,1-2H3,(H2,13,15);1H2;. The highest BCUT2D eigenvalue weighted by molar-refractivity contribution is 8.26. The number of nitrogens with two attached hydrogens (primary N) is 2. The average molecular weight is 1900 g/mol. The van der Waals surface area contributed by atoms with E-state index in [9.17, 15) is 45.3 Å². The number of aliphatic hydroxyl groups is 4. The number of rotatable bonds is 35. The molecule has 14 rings (SSSR count). The van der Waals surface area contributed by atoms with E-state index in [-0.39, 0.29) is 41.0 Å². The molecule has 3 saturated heterocycles. The third-order valence-corrected chi connectivity index (χ3v) is 21.4. The average Bonchev–Trinajstić information content (AvgIpc) is 1.65. The molecular formula is C91H122Cl5N19O13S. The number of aromatic nitrogens is 9. The molecule has 3 aliphatic heterocycles. The first-order chi connectivity index (χ1) is 61.9. The SMILES string of the molecule is Cc1cc(C)cc(N(CCCC(N)=O)Cc2ccc3nc(NCC(O)CN4CCOCC4)n(Cc4nc(C)ccc4O)c3c2)c1.Cc1cc(C)cc(NCCCC(N)=O)c1.Cc1ccc(O)c(Cn2c(NCC(O)CN3CCOCC3)nc3ccc(CCl)cc32)n1.Cc1ccc(O)c(Cn2c(NCC(O)CN3CCOCC3)nc3ccc(CO)cc32)n1.ClCCl.O=S(Cl)Cl. The highest BCUT2D eigenvalue weighted by Gasteiger charge is 2.24. The lowest BCUT2D eigenvalue weighted by Gasteiger charge is -2.28. The Bertz CT molecular complexity index is 5200. The molecule has 5 aromatic carbocycles. The summed E-state index contributed by atoms with van der Waals surface area (Å²) in [5.74, 6) is 2.02. The molecule has 3 unspecified atom stereocenters. The zero-order valence-electron chi connectivity index (χ0n) is 74.1. The second-order valence-electron chi connectivity index (χ2n) is 31.9. The number of alkyl halides is 3. The number of nitrogens with zero attached hydrogens (tertiary/aromatic N) is 13. The summed E-state index contributed by atoms with van der Waals surface area (Å²) in [6.45, 7) is 28.7. The molecule has 6 aromatic heterocycles. The van der Waals surface area contributed by atoms with Crippen LogP contribution in [0.4, 0.5) is 29.2 Å². The zero-order valence-corrected chi connectivity index (χ0v) is 78.7. The highest BCUT2D eigenvalue weighted by Crippen LogP contribution is 2.32. The number of primary amides is 2. The molecule has 3 aliphatic rings. The minimum absolute atomic E-state index is 0.0733. The number of nitrogens with one attached hydrogen (secondary N) is 4. The van der Waals surface area contributed by atoms with E-state index in [0.29, 0.717) is 172 Å². The Morgan fingerprint density at radius 3 is 1.16 bits per heavy atom. The number of morpholine rings is 3. The van der Waals surface area contributed by atoms with Gasteiger partial charge in [0.25, 0.3) is 0 Å². The van der Waals surface area contributed by atoms with Crippen LogP contribution in [0, 0.1) is 48.5 Å². The number of amides is 2. The van der Waals surface area contributed by atoms with E-state index in [1.165, 1.54) is 22.3 Å². The molecule has 0 radical (unpaired) electrons. The first-order valence-electron chi connectivity index (χ1n) is 42.8. The van der Waals surface area contributed by atoms with Gasteiger partial charge in [-0.25, -0.2) is 19.2 Å². The maximum absolute atomic E-state index is 11.5. The number of aryl methyl sites for hydroxylation is 7. The first kappa shape index (κ1) is 103. The van der Waals surface area contributed by atoms with Crippen LogP contribution in [-0.4, -0.2) is 265 Å². The van der Waals surface area contributed by atoms with Crippen molar-refractivity contribution < 1.29 is 63.8 Å². The molecule has 32 nitrogen and oxygen atoms in total. The number of aliphatic hydroxyl groups excluding tert-OH is 4. The summed E-state index contributed by atoms with van der Waals surface area (Å²) in [5.41, 5.74) is 29.4. The Hall–Kier alpha value is -9.50. The fourth-order valence-electron chi connectivity index (χ4n) is 15.0. The van der Waals surface area contributed by atoms with Crippen LogP contribution in [0.2, 0.25) is 0 Å². The highest BCUT2D eigenvalue weighted by atomic mass is 36.0. The molecule has 3 fully saturated rings. The second kappa shape index (κ2) is 53.1. The summed E-state index contributed by atoms with van der Waals surface area (Å²) in [4.78, 5) is 58.7. The van der Waals surface area contributed by atoms with Crippen LogP contribution in [-0.2, 0) is 71.7 Å². The molecule has 0 spiro atoms. The van der Waals surface area contributed by atoms with Gasteiger partial charge in [0.15, 0.2) is 0 Å². The fraction of sp³-hybridized carbons (Fsp3) is 0.451. The number of imidazole rings is 3. The van der Waals surface area contributed by atoms with E-state index in [1.54, 1.807) is 36.4 Å². The van der Waals surface area contributed by atoms with Crippen molar-refractivity contribution >= 4 is 140 Å². The third kappa shape index (κ3) is 34.3. The summed E-state index contributed by atoms with van der Waals surface area (Å²) in [6.07, 6.45) is 0.498. The van der Waals surface area contributed by atoms with Crippen molar-refractivity contribution in [3.63, 3.8) is 0 Å². The van der Waals surface area contributed by atoms with Crippen molar-refractivity contribution in [1.29, 1.82) is 0 Å². The maximum atomic E-state index is 11.5. The monoisotopic (exact) mass is 1900 g/mol. The van der Waals surface area contributed by atoms with Gasteiger partial charge in [0.1, 0.15) is 34.3 Å². The van der Waals surface area contributed by atoms with Gasteiger partial charge in [-0.05, 0) is 197 Å². The number of halogens is 5. The van der Waals surface area contributed by atoms with E-state index in [2.05, 4.69) is 158 Å². The van der Waals surface area contributed by atoms with Crippen LogP contribution in [0.5, 0.6) is 17.2 Å². The Kier molecular flexibility index (Phi) is 42.5. The van der Waals surface area contributed by atoms with Crippen LogP contribution in [0.3, 0.4) is 0 Å². The van der Waals surface area contributed by atoms with Crippen molar-refractivity contribution in [2.24, 2.45) is 11.5 Å². The van der Waals surface area contributed by atoms with Gasteiger partial charge in [-0.2, -0.15) is 0 Å². The van der Waals surface area contributed by atoms with Gasteiger partial charge in [0.05, 0.1) is 123 Å². The minimum Gasteiger partial charge on any atom is -0.506 e. The van der Waals surface area contributed by atoms with E-state index < -0.39 is 27.5 Å². The predicted molar refractivity (Wildman–Crippen MR) is 514 cm³/mol. The van der Waals surface area contributed by atoms with Gasteiger partial charge in [-0.3, -0.25) is 39.2 Å². The van der Waals surface area contributed by atoms with Gasteiger partial charge in [-0.15, -0.1) is 34.8 Å². The fourth-order valence-corrected chi connectivity index (χ4v) is 15.2. The molecule has 11 aromatic rings.